The minimum atomic E-state index is 0.177. The summed E-state index contributed by atoms with van der Waals surface area (Å²) >= 11 is 0. The third-order valence-electron chi connectivity index (χ3n) is 1.96. The Balaban J connectivity index is 3.38. The quantitative estimate of drug-likeness (QED) is 0.588. The van der Waals surface area contributed by atoms with Crippen molar-refractivity contribution in [2.24, 2.45) is 0 Å². The molecule has 1 unspecified atom stereocenters. The first-order chi connectivity index (χ1) is 6.20. The van der Waals surface area contributed by atoms with Gasteiger partial charge in [0.25, 0.3) is 0 Å². The van der Waals surface area contributed by atoms with E-state index in [0.717, 1.165) is 25.8 Å². The van der Waals surface area contributed by atoms with E-state index in [2.05, 4.69) is 24.5 Å². The smallest absolute Gasteiger partial charge is 0.220 e. The maximum atomic E-state index is 11.3. The van der Waals surface area contributed by atoms with Gasteiger partial charge in [-0.15, -0.1) is 0 Å². The second-order valence-corrected chi connectivity index (χ2v) is 3.46. The fraction of sp³-hybridized carbons (Fsp3) is 0.900. The number of carbonyl (C=O) groups excluding carboxylic acids is 1. The molecular weight excluding hydrogens is 164 g/mol. The zero-order valence-electron chi connectivity index (χ0n) is 9.02. The van der Waals surface area contributed by atoms with Crippen LogP contribution in [0, 0.1) is 0 Å². The summed E-state index contributed by atoms with van der Waals surface area (Å²) in [6, 6.07) is 0.326. The Kier molecular flexibility index (Phi) is 7.69. The summed E-state index contributed by atoms with van der Waals surface area (Å²) in [5.74, 6) is 0.177. The Morgan fingerprint density at radius 1 is 1.46 bits per heavy atom. The van der Waals surface area contributed by atoms with Gasteiger partial charge in [0.1, 0.15) is 0 Å². The molecule has 0 aliphatic carbocycles. The van der Waals surface area contributed by atoms with Crippen molar-refractivity contribution in [2.45, 2.75) is 45.6 Å². The van der Waals surface area contributed by atoms with Gasteiger partial charge in [-0.25, -0.2) is 0 Å². The van der Waals surface area contributed by atoms with E-state index in [1.54, 1.807) is 0 Å². The lowest BCUT2D eigenvalue weighted by Gasteiger charge is -2.12. The first kappa shape index (κ1) is 12.4. The molecule has 2 N–H and O–H groups in total. The molecule has 1 amide bonds. The van der Waals surface area contributed by atoms with Crippen LogP contribution in [0.1, 0.15) is 39.5 Å². The van der Waals surface area contributed by atoms with Gasteiger partial charge in [0.05, 0.1) is 0 Å². The first-order valence-electron chi connectivity index (χ1n) is 5.14. The number of hydrogen-bond acceptors (Lipinski definition) is 2. The van der Waals surface area contributed by atoms with Crippen LogP contribution >= 0.6 is 0 Å². The highest BCUT2D eigenvalue weighted by Gasteiger charge is 2.04. The average molecular weight is 186 g/mol. The van der Waals surface area contributed by atoms with Crippen LogP contribution in [0.15, 0.2) is 0 Å². The number of amides is 1. The van der Waals surface area contributed by atoms with Crippen LogP contribution in [0.3, 0.4) is 0 Å². The topological polar surface area (TPSA) is 41.1 Å². The van der Waals surface area contributed by atoms with Gasteiger partial charge in [-0.05, 0) is 33.4 Å². The molecular formula is C10H22N2O. The number of hydrogen-bond donors (Lipinski definition) is 2. The van der Waals surface area contributed by atoms with E-state index >= 15 is 0 Å². The van der Waals surface area contributed by atoms with Gasteiger partial charge < -0.3 is 10.6 Å². The molecule has 0 rings (SSSR count). The molecule has 0 aliphatic heterocycles. The fourth-order valence-electron chi connectivity index (χ4n) is 1.28. The van der Waals surface area contributed by atoms with Crippen molar-refractivity contribution in [3.63, 3.8) is 0 Å². The Hall–Kier alpha value is -0.570. The minimum absolute atomic E-state index is 0.177. The van der Waals surface area contributed by atoms with Crippen molar-refractivity contribution in [1.82, 2.24) is 10.6 Å². The molecule has 0 aromatic carbocycles. The molecule has 0 aliphatic rings. The predicted molar refractivity (Wildman–Crippen MR) is 55.7 cm³/mol. The highest BCUT2D eigenvalue weighted by Crippen LogP contribution is 1.96. The summed E-state index contributed by atoms with van der Waals surface area (Å²) in [4.78, 5) is 11.3. The van der Waals surface area contributed by atoms with Crippen molar-refractivity contribution < 1.29 is 4.79 Å². The molecule has 0 fully saturated rings. The monoisotopic (exact) mass is 186 g/mol. The largest absolute Gasteiger partial charge is 0.354 e. The molecule has 0 bridgehead atoms. The van der Waals surface area contributed by atoms with Crippen LogP contribution in [0.25, 0.3) is 0 Å². The van der Waals surface area contributed by atoms with Crippen molar-refractivity contribution in [3.05, 3.63) is 0 Å². The third kappa shape index (κ3) is 7.78. The molecule has 0 aromatic rings. The number of carbonyl (C=O) groups is 1. The molecule has 1 atom stereocenters. The molecule has 0 saturated heterocycles. The van der Waals surface area contributed by atoms with Gasteiger partial charge in [0, 0.05) is 12.5 Å². The SMILES string of the molecule is CCCC(C)NC(=O)CCCNC. The summed E-state index contributed by atoms with van der Waals surface area (Å²) in [5.41, 5.74) is 0. The standard InChI is InChI=1S/C10H22N2O/c1-4-6-9(2)12-10(13)7-5-8-11-3/h9,11H,4-8H2,1-3H3,(H,12,13). The Morgan fingerprint density at radius 2 is 2.15 bits per heavy atom. The lowest BCUT2D eigenvalue weighted by atomic mass is 10.2. The second kappa shape index (κ2) is 8.05. The van der Waals surface area contributed by atoms with Crippen LogP contribution in [0.5, 0.6) is 0 Å². The first-order valence-corrected chi connectivity index (χ1v) is 5.14. The van der Waals surface area contributed by atoms with E-state index in [1.165, 1.54) is 0 Å². The van der Waals surface area contributed by atoms with E-state index in [-0.39, 0.29) is 5.91 Å². The molecule has 0 saturated carbocycles. The van der Waals surface area contributed by atoms with Gasteiger partial charge in [0.15, 0.2) is 0 Å². The summed E-state index contributed by atoms with van der Waals surface area (Å²) < 4.78 is 0. The Morgan fingerprint density at radius 3 is 2.69 bits per heavy atom. The van der Waals surface area contributed by atoms with Crippen LogP contribution < -0.4 is 10.6 Å². The van der Waals surface area contributed by atoms with Crippen LogP contribution in [-0.4, -0.2) is 25.5 Å². The van der Waals surface area contributed by atoms with Crippen molar-refractivity contribution in [2.75, 3.05) is 13.6 Å². The van der Waals surface area contributed by atoms with Gasteiger partial charge >= 0.3 is 0 Å². The maximum absolute atomic E-state index is 11.3. The molecule has 3 heteroatoms. The van der Waals surface area contributed by atoms with Gasteiger partial charge in [0.2, 0.25) is 5.91 Å². The lowest BCUT2D eigenvalue weighted by Crippen LogP contribution is -2.32. The van der Waals surface area contributed by atoms with E-state index in [9.17, 15) is 4.79 Å². The molecule has 0 spiro atoms. The second-order valence-electron chi connectivity index (χ2n) is 3.46. The molecule has 0 radical (unpaired) electrons. The minimum Gasteiger partial charge on any atom is -0.354 e. The van der Waals surface area contributed by atoms with Crippen LogP contribution in [0.4, 0.5) is 0 Å². The van der Waals surface area contributed by atoms with E-state index in [1.807, 2.05) is 7.05 Å². The lowest BCUT2D eigenvalue weighted by molar-refractivity contribution is -0.121. The third-order valence-corrected chi connectivity index (χ3v) is 1.96. The van der Waals surface area contributed by atoms with Gasteiger partial charge in [-0.3, -0.25) is 4.79 Å². The van der Waals surface area contributed by atoms with Crippen molar-refractivity contribution in [3.8, 4) is 0 Å². The maximum Gasteiger partial charge on any atom is 0.220 e. The molecule has 13 heavy (non-hydrogen) atoms. The summed E-state index contributed by atoms with van der Waals surface area (Å²) in [5, 5.41) is 5.99. The molecule has 0 heterocycles. The van der Waals surface area contributed by atoms with E-state index < -0.39 is 0 Å². The van der Waals surface area contributed by atoms with Gasteiger partial charge in [-0.2, -0.15) is 0 Å². The summed E-state index contributed by atoms with van der Waals surface area (Å²) in [6.07, 6.45) is 3.74. The van der Waals surface area contributed by atoms with E-state index in [0.29, 0.717) is 12.5 Å². The van der Waals surface area contributed by atoms with Crippen molar-refractivity contribution in [1.29, 1.82) is 0 Å². The molecule has 0 aromatic heterocycles. The Labute approximate surface area is 81.3 Å². The zero-order chi connectivity index (χ0) is 10.1. The number of nitrogens with one attached hydrogen (secondary N) is 2. The van der Waals surface area contributed by atoms with Gasteiger partial charge in [-0.1, -0.05) is 13.3 Å². The number of rotatable bonds is 7. The fourth-order valence-corrected chi connectivity index (χ4v) is 1.28. The van der Waals surface area contributed by atoms with Crippen LogP contribution in [-0.2, 0) is 4.79 Å². The zero-order valence-corrected chi connectivity index (χ0v) is 9.02. The average Bonchev–Trinajstić information content (AvgIpc) is 2.05. The van der Waals surface area contributed by atoms with Crippen LogP contribution in [0.2, 0.25) is 0 Å². The summed E-state index contributed by atoms with van der Waals surface area (Å²) in [7, 11) is 1.90. The Bertz CT molecular complexity index is 137. The summed E-state index contributed by atoms with van der Waals surface area (Å²) in [6.45, 7) is 5.10. The highest BCUT2D eigenvalue weighted by atomic mass is 16.1. The predicted octanol–water partition coefficient (Wildman–Crippen LogP) is 1.29. The normalized spacial score (nSPS) is 12.5. The molecule has 3 nitrogen and oxygen atoms in total. The van der Waals surface area contributed by atoms with Crippen molar-refractivity contribution >= 4 is 5.91 Å². The van der Waals surface area contributed by atoms with E-state index in [4.69, 9.17) is 0 Å². The highest BCUT2D eigenvalue weighted by molar-refractivity contribution is 5.76. The molecule has 78 valence electrons.